The number of ether oxygens (including phenoxy) is 1. The summed E-state index contributed by atoms with van der Waals surface area (Å²) < 4.78 is 5.25. The third kappa shape index (κ3) is 2.43. The molecule has 0 aromatic heterocycles. The molecule has 18 heavy (non-hydrogen) atoms. The average Bonchev–Trinajstić information content (AvgIpc) is 3.11. The van der Waals surface area contributed by atoms with Crippen molar-refractivity contribution >= 4 is 11.7 Å². The lowest BCUT2D eigenvalue weighted by Crippen LogP contribution is -2.53. The fourth-order valence-electron chi connectivity index (χ4n) is 2.49. The van der Waals surface area contributed by atoms with Gasteiger partial charge in [0.25, 0.3) is 0 Å². The highest BCUT2D eigenvalue weighted by atomic mass is 16.5. The Balaban J connectivity index is 2.01. The average molecular weight is 255 g/mol. The molecule has 2 atom stereocenters. The van der Waals surface area contributed by atoms with E-state index in [-0.39, 0.29) is 11.7 Å². The lowest BCUT2D eigenvalue weighted by molar-refractivity contribution is -0.131. The minimum Gasteiger partial charge on any atom is -0.409 e. The molecule has 2 fully saturated rings. The Morgan fingerprint density at radius 2 is 2.17 bits per heavy atom. The van der Waals surface area contributed by atoms with Crippen LogP contribution >= 0.6 is 0 Å². The van der Waals surface area contributed by atoms with Crippen molar-refractivity contribution in [2.75, 3.05) is 19.8 Å². The number of amides is 1. The topological polar surface area (TPSA) is 96.9 Å². The fourth-order valence-corrected chi connectivity index (χ4v) is 2.49. The number of hydrogen-bond donors (Lipinski definition) is 3. The molecule has 0 aromatic carbocycles. The van der Waals surface area contributed by atoms with Crippen molar-refractivity contribution in [1.29, 1.82) is 0 Å². The maximum absolute atomic E-state index is 12.3. The lowest BCUT2D eigenvalue weighted by atomic mass is 9.78. The van der Waals surface area contributed by atoms with E-state index in [4.69, 9.17) is 15.7 Å². The van der Waals surface area contributed by atoms with E-state index in [0.29, 0.717) is 44.4 Å². The lowest BCUT2D eigenvalue weighted by Gasteiger charge is -2.34. The van der Waals surface area contributed by atoms with Crippen LogP contribution in [-0.2, 0) is 9.53 Å². The zero-order valence-corrected chi connectivity index (χ0v) is 10.7. The number of oxime groups is 1. The number of nitrogens with one attached hydrogen (secondary N) is 1. The predicted molar refractivity (Wildman–Crippen MR) is 66.2 cm³/mol. The van der Waals surface area contributed by atoms with E-state index in [2.05, 4.69) is 17.4 Å². The first kappa shape index (κ1) is 13.1. The van der Waals surface area contributed by atoms with Crippen LogP contribution in [0.4, 0.5) is 0 Å². The molecule has 1 heterocycles. The van der Waals surface area contributed by atoms with Crippen LogP contribution in [-0.4, -0.2) is 36.7 Å². The van der Waals surface area contributed by atoms with Gasteiger partial charge >= 0.3 is 0 Å². The van der Waals surface area contributed by atoms with Crippen LogP contribution in [0.3, 0.4) is 0 Å². The van der Waals surface area contributed by atoms with Crippen LogP contribution in [0.25, 0.3) is 0 Å². The molecular weight excluding hydrogens is 234 g/mol. The minimum absolute atomic E-state index is 0.00727. The van der Waals surface area contributed by atoms with Crippen molar-refractivity contribution in [3.63, 3.8) is 0 Å². The molecule has 1 aliphatic heterocycles. The smallest absolute Gasteiger partial charge is 0.234 e. The summed E-state index contributed by atoms with van der Waals surface area (Å²) in [6.07, 6.45) is 2.10. The Hall–Kier alpha value is -1.30. The van der Waals surface area contributed by atoms with Gasteiger partial charge in [-0.05, 0) is 31.1 Å². The zero-order chi connectivity index (χ0) is 13.2. The van der Waals surface area contributed by atoms with Crippen molar-refractivity contribution in [3.8, 4) is 0 Å². The van der Waals surface area contributed by atoms with Gasteiger partial charge in [-0.25, -0.2) is 0 Å². The zero-order valence-electron chi connectivity index (χ0n) is 10.7. The van der Waals surface area contributed by atoms with Crippen molar-refractivity contribution in [3.05, 3.63) is 0 Å². The SMILES string of the molecule is CC1CC1CNC(=O)C1(C(N)=NO)CCOCC1. The Bertz CT molecular complexity index is 350. The first-order valence-electron chi connectivity index (χ1n) is 6.44. The molecular formula is C12H21N3O3. The molecule has 2 unspecified atom stereocenters. The first-order chi connectivity index (χ1) is 8.60. The van der Waals surface area contributed by atoms with Crippen LogP contribution in [0.1, 0.15) is 26.2 Å². The molecule has 1 saturated carbocycles. The molecule has 0 radical (unpaired) electrons. The molecule has 0 aromatic rings. The number of nitrogens with two attached hydrogens (primary N) is 1. The monoisotopic (exact) mass is 255 g/mol. The summed E-state index contributed by atoms with van der Waals surface area (Å²) in [6.45, 7) is 3.78. The molecule has 1 amide bonds. The van der Waals surface area contributed by atoms with Crippen LogP contribution in [0.2, 0.25) is 0 Å². The molecule has 2 aliphatic rings. The van der Waals surface area contributed by atoms with Crippen LogP contribution < -0.4 is 11.1 Å². The highest BCUT2D eigenvalue weighted by Crippen LogP contribution is 2.37. The van der Waals surface area contributed by atoms with Gasteiger partial charge in [-0.3, -0.25) is 4.79 Å². The molecule has 0 bridgehead atoms. The Kier molecular flexibility index (Phi) is 3.75. The molecule has 2 rings (SSSR count). The van der Waals surface area contributed by atoms with Crippen molar-refractivity contribution in [1.82, 2.24) is 5.32 Å². The molecule has 0 spiro atoms. The second kappa shape index (κ2) is 5.14. The first-order valence-corrected chi connectivity index (χ1v) is 6.44. The Morgan fingerprint density at radius 3 is 2.67 bits per heavy atom. The number of rotatable bonds is 4. The van der Waals surface area contributed by atoms with Gasteiger partial charge in [0.2, 0.25) is 5.91 Å². The Labute approximate surface area is 107 Å². The normalized spacial score (nSPS) is 30.8. The van der Waals surface area contributed by atoms with Crippen molar-refractivity contribution < 1.29 is 14.7 Å². The van der Waals surface area contributed by atoms with Gasteiger partial charge in [0.05, 0.1) is 0 Å². The molecule has 1 aliphatic carbocycles. The molecule has 1 saturated heterocycles. The van der Waals surface area contributed by atoms with Crippen molar-refractivity contribution in [2.24, 2.45) is 28.1 Å². The van der Waals surface area contributed by atoms with Gasteiger partial charge in [-0.15, -0.1) is 0 Å². The summed E-state index contributed by atoms with van der Waals surface area (Å²) in [5.41, 5.74) is 4.82. The second-order valence-corrected chi connectivity index (χ2v) is 5.36. The third-order valence-corrected chi connectivity index (χ3v) is 4.18. The summed E-state index contributed by atoms with van der Waals surface area (Å²) in [5, 5.41) is 14.9. The largest absolute Gasteiger partial charge is 0.409 e. The van der Waals surface area contributed by atoms with E-state index in [1.165, 1.54) is 6.42 Å². The number of carbonyl (C=O) groups excluding carboxylic acids is 1. The standard InChI is InChI=1S/C12H21N3O3/c1-8-6-9(8)7-14-11(16)12(10(13)15-17)2-4-18-5-3-12/h8-9,17H,2-7H2,1H3,(H2,13,15)(H,14,16). The van der Waals surface area contributed by atoms with E-state index in [9.17, 15) is 4.79 Å². The van der Waals surface area contributed by atoms with Gasteiger partial charge in [0.15, 0.2) is 5.84 Å². The molecule has 6 nitrogen and oxygen atoms in total. The van der Waals surface area contributed by atoms with Gasteiger partial charge in [0, 0.05) is 19.8 Å². The second-order valence-electron chi connectivity index (χ2n) is 5.36. The van der Waals surface area contributed by atoms with Crippen LogP contribution in [0.5, 0.6) is 0 Å². The minimum atomic E-state index is -0.898. The van der Waals surface area contributed by atoms with E-state index in [1.807, 2.05) is 0 Å². The molecule has 102 valence electrons. The molecule has 6 heteroatoms. The quantitative estimate of drug-likeness (QED) is 0.291. The predicted octanol–water partition coefficient (Wildman–Crippen LogP) is 0.302. The van der Waals surface area contributed by atoms with E-state index in [1.54, 1.807) is 0 Å². The van der Waals surface area contributed by atoms with Gasteiger partial charge in [0.1, 0.15) is 5.41 Å². The van der Waals surface area contributed by atoms with Crippen molar-refractivity contribution in [2.45, 2.75) is 26.2 Å². The van der Waals surface area contributed by atoms with Gasteiger partial charge in [-0.1, -0.05) is 12.1 Å². The number of nitrogens with zero attached hydrogens (tertiary/aromatic N) is 1. The van der Waals surface area contributed by atoms with Gasteiger partial charge in [-0.2, -0.15) is 0 Å². The third-order valence-electron chi connectivity index (χ3n) is 4.18. The van der Waals surface area contributed by atoms with E-state index >= 15 is 0 Å². The van der Waals surface area contributed by atoms with E-state index < -0.39 is 5.41 Å². The summed E-state index contributed by atoms with van der Waals surface area (Å²) in [6, 6.07) is 0. The Morgan fingerprint density at radius 1 is 1.56 bits per heavy atom. The van der Waals surface area contributed by atoms with Crippen LogP contribution in [0.15, 0.2) is 5.16 Å². The number of carbonyl (C=O) groups is 1. The fraction of sp³-hybridized carbons (Fsp3) is 0.833. The van der Waals surface area contributed by atoms with Crippen LogP contribution in [0, 0.1) is 17.3 Å². The number of amidine groups is 1. The summed E-state index contributed by atoms with van der Waals surface area (Å²) in [5.74, 6) is 1.13. The summed E-state index contributed by atoms with van der Waals surface area (Å²) in [4.78, 5) is 12.3. The highest BCUT2D eigenvalue weighted by molar-refractivity contribution is 6.06. The highest BCUT2D eigenvalue weighted by Gasteiger charge is 2.45. The summed E-state index contributed by atoms with van der Waals surface area (Å²) >= 11 is 0. The maximum Gasteiger partial charge on any atom is 0.234 e. The summed E-state index contributed by atoms with van der Waals surface area (Å²) in [7, 11) is 0. The maximum atomic E-state index is 12.3. The van der Waals surface area contributed by atoms with Gasteiger partial charge < -0.3 is 21.0 Å². The number of hydrogen-bond acceptors (Lipinski definition) is 4. The molecule has 4 N–H and O–H groups in total. The van der Waals surface area contributed by atoms with E-state index in [0.717, 1.165) is 0 Å².